The van der Waals surface area contributed by atoms with Crippen LogP contribution < -0.4 is 10.1 Å². The molecule has 0 atom stereocenters. The number of carbonyl (C=O) groups excluding carboxylic acids is 1. The van der Waals surface area contributed by atoms with Crippen molar-refractivity contribution in [2.24, 2.45) is 0 Å². The number of ether oxygens (including phenoxy) is 2. The lowest BCUT2D eigenvalue weighted by molar-refractivity contribution is 0.0600. The average molecular weight is 289 g/mol. The van der Waals surface area contributed by atoms with Crippen molar-refractivity contribution in [1.82, 2.24) is 0 Å². The fourth-order valence-corrected chi connectivity index (χ4v) is 1.95. The predicted octanol–water partition coefficient (Wildman–Crippen LogP) is 3.23. The summed E-state index contributed by atoms with van der Waals surface area (Å²) >= 11 is 0. The molecule has 0 spiro atoms. The third kappa shape index (κ3) is 3.51. The molecule has 2 aromatic carbocycles. The second-order valence-corrected chi connectivity index (χ2v) is 4.35. The Hall–Kier alpha value is -2.56. The van der Waals surface area contributed by atoms with Crippen molar-refractivity contribution < 1.29 is 18.7 Å². The van der Waals surface area contributed by atoms with Gasteiger partial charge in [0, 0.05) is 12.1 Å². The molecule has 0 fully saturated rings. The normalized spacial score (nSPS) is 10.0. The number of para-hydroxylation sites is 1. The van der Waals surface area contributed by atoms with Gasteiger partial charge in [0.2, 0.25) is 0 Å². The van der Waals surface area contributed by atoms with Gasteiger partial charge in [-0.05, 0) is 24.3 Å². The number of benzene rings is 2. The molecule has 0 aliphatic heterocycles. The fourth-order valence-electron chi connectivity index (χ4n) is 1.95. The maximum atomic E-state index is 13.8. The molecule has 5 heteroatoms. The van der Waals surface area contributed by atoms with Gasteiger partial charge >= 0.3 is 5.97 Å². The first-order valence-electron chi connectivity index (χ1n) is 6.39. The van der Waals surface area contributed by atoms with Crippen LogP contribution in [0.5, 0.6) is 5.75 Å². The van der Waals surface area contributed by atoms with Gasteiger partial charge in [-0.25, -0.2) is 9.18 Å². The fraction of sp³-hybridized carbons (Fsp3) is 0.188. The monoisotopic (exact) mass is 289 g/mol. The number of halogens is 1. The topological polar surface area (TPSA) is 47.6 Å². The van der Waals surface area contributed by atoms with Crippen LogP contribution in [-0.4, -0.2) is 20.2 Å². The van der Waals surface area contributed by atoms with Crippen LogP contribution in [0, 0.1) is 5.82 Å². The van der Waals surface area contributed by atoms with Crippen molar-refractivity contribution in [3.8, 4) is 5.75 Å². The maximum Gasteiger partial charge on any atom is 0.337 e. The van der Waals surface area contributed by atoms with Gasteiger partial charge in [-0.2, -0.15) is 0 Å². The largest absolute Gasteiger partial charge is 0.496 e. The molecule has 21 heavy (non-hydrogen) atoms. The van der Waals surface area contributed by atoms with Crippen molar-refractivity contribution in [2.75, 3.05) is 19.5 Å². The molecule has 2 aromatic rings. The van der Waals surface area contributed by atoms with Gasteiger partial charge in [0.15, 0.2) is 0 Å². The van der Waals surface area contributed by atoms with Gasteiger partial charge in [0.05, 0.1) is 25.5 Å². The maximum absolute atomic E-state index is 13.8. The molecule has 0 amide bonds. The number of rotatable bonds is 5. The van der Waals surface area contributed by atoms with Crippen molar-refractivity contribution in [3.05, 3.63) is 59.4 Å². The van der Waals surface area contributed by atoms with E-state index in [0.29, 0.717) is 12.1 Å². The molecule has 1 N–H and O–H groups in total. The molecular formula is C16H16FNO3. The van der Waals surface area contributed by atoms with E-state index < -0.39 is 11.8 Å². The van der Waals surface area contributed by atoms with Crippen molar-refractivity contribution in [3.63, 3.8) is 0 Å². The number of nitrogens with one attached hydrogen (secondary N) is 1. The summed E-state index contributed by atoms with van der Waals surface area (Å²) < 4.78 is 23.6. The number of methoxy groups -OCH3 is 2. The SMILES string of the molecule is COC(=O)c1ccc(F)c(NCc2ccccc2OC)c1. The van der Waals surface area contributed by atoms with Crippen LogP contribution in [0.25, 0.3) is 0 Å². The van der Waals surface area contributed by atoms with E-state index in [0.717, 1.165) is 11.3 Å². The van der Waals surface area contributed by atoms with E-state index in [1.165, 1.54) is 25.3 Å². The number of carbonyl (C=O) groups is 1. The molecule has 0 bridgehead atoms. The number of hydrogen-bond acceptors (Lipinski definition) is 4. The molecule has 0 unspecified atom stereocenters. The Bertz CT molecular complexity index is 643. The number of anilines is 1. The Morgan fingerprint density at radius 3 is 2.67 bits per heavy atom. The zero-order chi connectivity index (χ0) is 15.2. The summed E-state index contributed by atoms with van der Waals surface area (Å²) in [6.07, 6.45) is 0. The van der Waals surface area contributed by atoms with E-state index in [4.69, 9.17) is 4.74 Å². The smallest absolute Gasteiger partial charge is 0.337 e. The van der Waals surface area contributed by atoms with Gasteiger partial charge in [0.25, 0.3) is 0 Å². The standard InChI is InChI=1S/C16H16FNO3/c1-20-15-6-4-3-5-12(15)10-18-14-9-11(16(19)21-2)7-8-13(14)17/h3-9,18H,10H2,1-2H3. The highest BCUT2D eigenvalue weighted by molar-refractivity contribution is 5.90. The summed E-state index contributed by atoms with van der Waals surface area (Å²) in [7, 11) is 2.87. The zero-order valence-corrected chi connectivity index (χ0v) is 11.9. The summed E-state index contributed by atoms with van der Waals surface area (Å²) in [5, 5.41) is 2.96. The number of esters is 1. The molecule has 0 saturated carbocycles. The second kappa shape index (κ2) is 6.74. The summed E-state index contributed by atoms with van der Waals surface area (Å²) in [4.78, 5) is 11.5. The average Bonchev–Trinajstić information content (AvgIpc) is 2.53. The van der Waals surface area contributed by atoms with Crippen LogP contribution in [0.15, 0.2) is 42.5 Å². The molecule has 0 aliphatic rings. The molecule has 0 saturated heterocycles. The van der Waals surface area contributed by atoms with Crippen LogP contribution in [0.4, 0.5) is 10.1 Å². The Morgan fingerprint density at radius 2 is 1.95 bits per heavy atom. The van der Waals surface area contributed by atoms with Gasteiger partial charge in [-0.3, -0.25) is 0 Å². The van der Waals surface area contributed by atoms with E-state index in [1.54, 1.807) is 7.11 Å². The van der Waals surface area contributed by atoms with Crippen LogP contribution in [0.2, 0.25) is 0 Å². The van der Waals surface area contributed by atoms with E-state index in [2.05, 4.69) is 10.1 Å². The Morgan fingerprint density at radius 1 is 1.19 bits per heavy atom. The first-order chi connectivity index (χ1) is 10.2. The van der Waals surface area contributed by atoms with E-state index >= 15 is 0 Å². The summed E-state index contributed by atoms with van der Waals surface area (Å²) in [6.45, 7) is 0.381. The van der Waals surface area contributed by atoms with E-state index in [1.807, 2.05) is 24.3 Å². The number of hydrogen-bond donors (Lipinski definition) is 1. The van der Waals surface area contributed by atoms with Crippen LogP contribution >= 0.6 is 0 Å². The second-order valence-electron chi connectivity index (χ2n) is 4.35. The highest BCUT2D eigenvalue weighted by Gasteiger charge is 2.10. The molecular weight excluding hydrogens is 273 g/mol. The van der Waals surface area contributed by atoms with Crippen LogP contribution in [0.3, 0.4) is 0 Å². The first-order valence-corrected chi connectivity index (χ1v) is 6.39. The van der Waals surface area contributed by atoms with Gasteiger partial charge in [-0.1, -0.05) is 18.2 Å². The van der Waals surface area contributed by atoms with Crippen molar-refractivity contribution in [1.29, 1.82) is 0 Å². The first kappa shape index (κ1) is 14.8. The van der Waals surface area contributed by atoms with Crippen molar-refractivity contribution >= 4 is 11.7 Å². The summed E-state index contributed by atoms with van der Waals surface area (Å²) in [5.41, 5.74) is 1.42. The third-order valence-electron chi connectivity index (χ3n) is 3.05. The summed E-state index contributed by atoms with van der Waals surface area (Å²) in [5.74, 6) is -0.220. The minimum Gasteiger partial charge on any atom is -0.496 e. The van der Waals surface area contributed by atoms with Gasteiger partial charge in [-0.15, -0.1) is 0 Å². The van der Waals surface area contributed by atoms with E-state index in [-0.39, 0.29) is 5.69 Å². The minimum absolute atomic E-state index is 0.240. The summed E-state index contributed by atoms with van der Waals surface area (Å²) in [6, 6.07) is 11.5. The third-order valence-corrected chi connectivity index (χ3v) is 3.05. The Balaban J connectivity index is 2.17. The predicted molar refractivity (Wildman–Crippen MR) is 78.1 cm³/mol. The quantitative estimate of drug-likeness (QED) is 0.858. The molecule has 0 radical (unpaired) electrons. The van der Waals surface area contributed by atoms with Crippen LogP contribution in [0.1, 0.15) is 15.9 Å². The highest BCUT2D eigenvalue weighted by Crippen LogP contribution is 2.21. The van der Waals surface area contributed by atoms with Crippen molar-refractivity contribution in [2.45, 2.75) is 6.54 Å². The lowest BCUT2D eigenvalue weighted by Crippen LogP contribution is -2.06. The lowest BCUT2D eigenvalue weighted by Gasteiger charge is -2.11. The molecule has 0 heterocycles. The minimum atomic E-state index is -0.504. The Kier molecular flexibility index (Phi) is 4.77. The van der Waals surface area contributed by atoms with E-state index in [9.17, 15) is 9.18 Å². The van der Waals surface area contributed by atoms with Gasteiger partial charge in [0.1, 0.15) is 11.6 Å². The molecule has 2 rings (SSSR count). The molecule has 0 aromatic heterocycles. The van der Waals surface area contributed by atoms with Crippen LogP contribution in [-0.2, 0) is 11.3 Å². The zero-order valence-electron chi connectivity index (χ0n) is 11.9. The highest BCUT2D eigenvalue weighted by atomic mass is 19.1. The Labute approximate surface area is 122 Å². The lowest BCUT2D eigenvalue weighted by atomic mass is 10.1. The molecule has 4 nitrogen and oxygen atoms in total. The van der Waals surface area contributed by atoms with Gasteiger partial charge < -0.3 is 14.8 Å². The molecule has 0 aliphatic carbocycles. The molecule has 110 valence electrons.